The monoisotopic (exact) mass is 726 g/mol. The van der Waals surface area contributed by atoms with Gasteiger partial charge in [0.05, 0.1) is 64.3 Å². The van der Waals surface area contributed by atoms with Gasteiger partial charge in [-0.05, 0) is 42.7 Å². The lowest BCUT2D eigenvalue weighted by atomic mass is 9.90. The highest BCUT2D eigenvalue weighted by molar-refractivity contribution is 7.91. The lowest BCUT2D eigenvalue weighted by Crippen LogP contribution is -2.48. The van der Waals surface area contributed by atoms with Crippen LogP contribution in [-0.4, -0.2) is 101 Å². The van der Waals surface area contributed by atoms with Gasteiger partial charge < -0.3 is 30.5 Å². The Morgan fingerprint density at radius 3 is 2.49 bits per heavy atom. The molecule has 1 saturated carbocycles. The van der Waals surface area contributed by atoms with E-state index < -0.39 is 28.3 Å². The zero-order valence-corrected chi connectivity index (χ0v) is 28.9. The Morgan fingerprint density at radius 1 is 1.04 bits per heavy atom. The van der Waals surface area contributed by atoms with Gasteiger partial charge in [-0.25, -0.2) is 12.8 Å². The average Bonchev–Trinajstić information content (AvgIpc) is 3.40. The molecule has 0 unspecified atom stereocenters. The molecule has 2 fully saturated rings. The number of alkyl halides is 3. The van der Waals surface area contributed by atoms with Gasteiger partial charge in [0.2, 0.25) is 0 Å². The van der Waals surface area contributed by atoms with E-state index in [9.17, 15) is 26.0 Å². The molecule has 4 N–H and O–H groups in total. The summed E-state index contributed by atoms with van der Waals surface area (Å²) in [6.45, 7) is 1.61. The molecule has 3 aromatic rings. The molecule has 9 nitrogen and oxygen atoms in total. The number of aliphatic hydroxyl groups is 1. The molecule has 2 heterocycles. The molecule has 15 heteroatoms. The number of fused-ring (bicyclic) bond motifs is 1. The molecule has 1 saturated heterocycles. The number of nitrogens with one attached hydrogen (secondary N) is 3. The molecule has 2 aliphatic rings. The van der Waals surface area contributed by atoms with Gasteiger partial charge in [-0.15, -0.1) is 11.3 Å². The van der Waals surface area contributed by atoms with E-state index >= 15 is 0 Å². The third-order valence-corrected chi connectivity index (χ3v) is 11.6. The fourth-order valence-corrected chi connectivity index (χ4v) is 8.69. The highest BCUT2D eigenvalue weighted by atomic mass is 32.2. The summed E-state index contributed by atoms with van der Waals surface area (Å²) in [5.74, 6) is 6.00. The number of hydrogen-bond donors (Lipinski definition) is 4. The molecule has 0 radical (unpaired) electrons. The smallest absolute Gasteiger partial charge is 0.393 e. The van der Waals surface area contributed by atoms with E-state index in [2.05, 4.69) is 32.7 Å². The number of sulfone groups is 1. The van der Waals surface area contributed by atoms with E-state index in [1.54, 1.807) is 12.1 Å². The van der Waals surface area contributed by atoms with Crippen molar-refractivity contribution in [1.29, 1.82) is 0 Å². The van der Waals surface area contributed by atoms with Gasteiger partial charge in [0.1, 0.15) is 18.2 Å². The molecule has 0 amide bonds. The quantitative estimate of drug-likeness (QED) is 0.103. The Balaban J connectivity index is 1.31. The topological polar surface area (TPSA) is 112 Å². The second-order valence-electron chi connectivity index (χ2n) is 12.2. The highest BCUT2D eigenvalue weighted by Crippen LogP contribution is 2.40. The largest absolute Gasteiger partial charge is 0.489 e. The van der Waals surface area contributed by atoms with Crippen molar-refractivity contribution in [3.05, 3.63) is 46.6 Å². The number of aliphatic hydroxyl groups excluding tert-OH is 1. The molecule has 0 spiro atoms. The zero-order valence-electron chi connectivity index (χ0n) is 27.3. The SMILES string of the molecule is COCCOc1cc(NCCO)c(F)cc1NCC#Cc1sc2c(NC3CCC(N4CCS(=O)(=O)CC4)CC3)cccc2c1CC(F)(F)F. The summed E-state index contributed by atoms with van der Waals surface area (Å²) in [7, 11) is -1.41. The first-order valence-corrected chi connectivity index (χ1v) is 18.9. The normalized spacial score (nSPS) is 19.6. The lowest BCUT2D eigenvalue weighted by Gasteiger charge is -2.39. The second kappa shape index (κ2) is 16.6. The van der Waals surface area contributed by atoms with E-state index in [0.717, 1.165) is 31.4 Å². The minimum absolute atomic E-state index is 0.0144. The summed E-state index contributed by atoms with van der Waals surface area (Å²) in [5, 5.41) is 19.0. The minimum atomic E-state index is -4.43. The van der Waals surface area contributed by atoms with Crippen molar-refractivity contribution in [2.45, 2.75) is 50.4 Å². The first-order chi connectivity index (χ1) is 23.5. The van der Waals surface area contributed by atoms with Crippen LogP contribution in [-0.2, 0) is 21.0 Å². The first-order valence-electron chi connectivity index (χ1n) is 16.3. The molecular weight excluding hydrogens is 685 g/mol. The Morgan fingerprint density at radius 2 is 1.80 bits per heavy atom. The van der Waals surface area contributed by atoms with Crippen LogP contribution in [0.4, 0.5) is 34.6 Å². The van der Waals surface area contributed by atoms with E-state index in [-0.39, 0.29) is 55.1 Å². The Bertz CT molecular complexity index is 1730. The van der Waals surface area contributed by atoms with Crippen molar-refractivity contribution in [1.82, 2.24) is 4.90 Å². The molecule has 49 heavy (non-hydrogen) atoms. The average molecular weight is 727 g/mol. The Kier molecular flexibility index (Phi) is 12.5. The van der Waals surface area contributed by atoms with Crippen LogP contribution in [0.25, 0.3) is 10.1 Å². The third-order valence-electron chi connectivity index (χ3n) is 8.76. The standard InChI is InChI=1S/C34H42F4N4O5S2/c1-46-16-17-47-31-21-29(40-12-15-43)27(35)20-30(31)39-11-3-6-32-26(22-34(36,37)38)25-4-2-5-28(33(25)48-32)41-23-7-9-24(10-8-23)42-13-18-49(44,45)19-14-42/h2,4-5,20-21,23-24,39-41,43H,7-19,22H2,1H3. The summed E-state index contributed by atoms with van der Waals surface area (Å²) in [6.07, 6.45) is -1.96. The predicted molar refractivity (Wildman–Crippen MR) is 186 cm³/mol. The number of ether oxygens (including phenoxy) is 2. The number of methoxy groups -OCH3 is 1. The summed E-state index contributed by atoms with van der Waals surface area (Å²) in [5.41, 5.74) is 1.36. The van der Waals surface area contributed by atoms with Crippen LogP contribution in [0.1, 0.15) is 36.1 Å². The molecule has 1 aliphatic heterocycles. The van der Waals surface area contributed by atoms with Gasteiger partial charge in [-0.2, -0.15) is 13.2 Å². The van der Waals surface area contributed by atoms with Crippen molar-refractivity contribution >= 4 is 48.3 Å². The van der Waals surface area contributed by atoms with Crippen LogP contribution in [0.5, 0.6) is 5.75 Å². The Hall–Kier alpha value is -3.29. The van der Waals surface area contributed by atoms with Gasteiger partial charge in [-0.3, -0.25) is 4.90 Å². The maximum absolute atomic E-state index is 14.7. The second-order valence-corrected chi connectivity index (χ2v) is 15.5. The van der Waals surface area contributed by atoms with Crippen LogP contribution in [0.2, 0.25) is 0 Å². The summed E-state index contributed by atoms with van der Waals surface area (Å²) >= 11 is 1.22. The summed E-state index contributed by atoms with van der Waals surface area (Å²) in [4.78, 5) is 2.59. The highest BCUT2D eigenvalue weighted by Gasteiger charge is 2.32. The lowest BCUT2D eigenvalue weighted by molar-refractivity contribution is -0.126. The van der Waals surface area contributed by atoms with E-state index in [0.29, 0.717) is 52.1 Å². The molecule has 1 aliphatic carbocycles. The van der Waals surface area contributed by atoms with Crippen molar-refractivity contribution in [2.75, 3.05) is 80.6 Å². The van der Waals surface area contributed by atoms with Crippen molar-refractivity contribution < 1.29 is 40.6 Å². The first kappa shape index (κ1) is 37.0. The number of benzene rings is 2. The van der Waals surface area contributed by atoms with Gasteiger partial charge >= 0.3 is 6.18 Å². The number of thiophene rings is 1. The number of hydrogen-bond acceptors (Lipinski definition) is 10. The van der Waals surface area contributed by atoms with Crippen LogP contribution in [0.15, 0.2) is 30.3 Å². The van der Waals surface area contributed by atoms with E-state index in [1.165, 1.54) is 30.6 Å². The molecule has 0 bridgehead atoms. The molecule has 1 aromatic heterocycles. The van der Waals surface area contributed by atoms with Gasteiger partial charge in [-0.1, -0.05) is 24.0 Å². The van der Waals surface area contributed by atoms with Crippen LogP contribution < -0.4 is 20.7 Å². The van der Waals surface area contributed by atoms with E-state index in [1.807, 2.05) is 6.07 Å². The molecular formula is C34H42F4N4O5S2. The zero-order chi connectivity index (χ0) is 35.0. The van der Waals surface area contributed by atoms with Gasteiger partial charge in [0, 0.05) is 51.0 Å². The molecule has 268 valence electrons. The molecule has 0 atom stereocenters. The fourth-order valence-electron chi connectivity index (χ4n) is 6.29. The van der Waals surface area contributed by atoms with Gasteiger partial charge in [0.15, 0.2) is 9.84 Å². The van der Waals surface area contributed by atoms with Crippen molar-refractivity contribution in [2.24, 2.45) is 0 Å². The third kappa shape index (κ3) is 10.1. The molecule has 2 aromatic carbocycles. The Labute approximate surface area is 288 Å². The van der Waals surface area contributed by atoms with Crippen molar-refractivity contribution in [3.63, 3.8) is 0 Å². The van der Waals surface area contributed by atoms with Crippen LogP contribution in [0, 0.1) is 17.7 Å². The van der Waals surface area contributed by atoms with Crippen LogP contribution in [0.3, 0.4) is 0 Å². The number of anilines is 3. The van der Waals surface area contributed by atoms with Gasteiger partial charge in [0.25, 0.3) is 0 Å². The minimum Gasteiger partial charge on any atom is -0.489 e. The summed E-state index contributed by atoms with van der Waals surface area (Å²) < 4.78 is 91.2. The van der Waals surface area contributed by atoms with Crippen molar-refractivity contribution in [3.8, 4) is 17.6 Å². The number of rotatable bonds is 13. The maximum Gasteiger partial charge on any atom is 0.393 e. The van der Waals surface area contributed by atoms with E-state index in [4.69, 9.17) is 14.6 Å². The fraction of sp³-hybridized carbons (Fsp3) is 0.529. The number of nitrogens with zero attached hydrogens (tertiary/aromatic N) is 1. The van der Waals surface area contributed by atoms with Crippen LogP contribution >= 0.6 is 11.3 Å². The maximum atomic E-state index is 14.7. The summed E-state index contributed by atoms with van der Waals surface area (Å²) in [6, 6.07) is 8.52. The molecule has 5 rings (SSSR count). The number of halogens is 4. The predicted octanol–water partition coefficient (Wildman–Crippen LogP) is 5.49.